The van der Waals surface area contributed by atoms with Gasteiger partial charge in [-0.05, 0) is 35.4 Å². The molecule has 0 heterocycles. The summed E-state index contributed by atoms with van der Waals surface area (Å²) in [6.07, 6.45) is 0. The van der Waals surface area contributed by atoms with Gasteiger partial charge in [-0.15, -0.1) is 0 Å². The maximum Gasteiger partial charge on any atom is 0.313 e. The van der Waals surface area contributed by atoms with Crippen LogP contribution in [0.25, 0.3) is 0 Å². The van der Waals surface area contributed by atoms with Gasteiger partial charge in [-0.1, -0.05) is 24.3 Å². The minimum Gasteiger partial charge on any atom is -0.378 e. The number of rotatable bonds is 5. The average molecular weight is 326 g/mol. The van der Waals surface area contributed by atoms with Crippen LogP contribution in [0.3, 0.4) is 0 Å². The summed E-state index contributed by atoms with van der Waals surface area (Å²) < 4.78 is 0. The first-order chi connectivity index (χ1) is 11.5. The molecule has 0 radical (unpaired) electrons. The molecule has 2 aromatic rings. The number of carbonyl (C=O) groups excluding carboxylic acids is 2. The number of carbonyl (C=O) groups is 2. The highest BCUT2D eigenvalue weighted by molar-refractivity contribution is 6.39. The van der Waals surface area contributed by atoms with Crippen LogP contribution in [-0.2, 0) is 22.7 Å². The fourth-order valence-corrected chi connectivity index (χ4v) is 2.16. The highest BCUT2D eigenvalue weighted by atomic mass is 16.2. The molecule has 0 aliphatic carbocycles. The van der Waals surface area contributed by atoms with E-state index in [1.807, 2.05) is 55.4 Å². The van der Waals surface area contributed by atoms with Crippen molar-refractivity contribution in [3.05, 3.63) is 59.7 Å². The molecule has 2 aromatic carbocycles. The fourth-order valence-electron chi connectivity index (χ4n) is 2.16. The molecule has 0 atom stereocenters. The molecule has 126 valence electrons. The van der Waals surface area contributed by atoms with E-state index in [0.717, 1.165) is 16.8 Å². The zero-order valence-electron chi connectivity index (χ0n) is 13.9. The monoisotopic (exact) mass is 326 g/mol. The van der Waals surface area contributed by atoms with E-state index >= 15 is 0 Å². The third-order valence-corrected chi connectivity index (χ3v) is 3.53. The maximum atomic E-state index is 11.9. The van der Waals surface area contributed by atoms with E-state index < -0.39 is 11.8 Å². The largest absolute Gasteiger partial charge is 0.378 e. The molecule has 0 saturated heterocycles. The van der Waals surface area contributed by atoms with Crippen LogP contribution in [-0.4, -0.2) is 25.9 Å². The molecule has 2 amide bonds. The third kappa shape index (κ3) is 4.82. The van der Waals surface area contributed by atoms with E-state index in [4.69, 9.17) is 5.73 Å². The van der Waals surface area contributed by atoms with Gasteiger partial charge in [0, 0.05) is 38.6 Å². The van der Waals surface area contributed by atoms with Gasteiger partial charge in [0.25, 0.3) is 0 Å². The van der Waals surface area contributed by atoms with E-state index in [1.54, 1.807) is 12.1 Å². The standard InChI is InChI=1S/C18H22N4O2/c1-22(2)16-8-6-15(7-9-16)21-18(24)17(23)20-12-14-5-3-4-13(10-14)11-19/h3-10H,11-12,19H2,1-2H3,(H,20,23)(H,21,24). The van der Waals surface area contributed by atoms with Gasteiger partial charge in [0.1, 0.15) is 0 Å². The first-order valence-corrected chi connectivity index (χ1v) is 7.64. The zero-order valence-corrected chi connectivity index (χ0v) is 13.9. The van der Waals surface area contributed by atoms with Crippen molar-refractivity contribution in [2.24, 2.45) is 5.73 Å². The van der Waals surface area contributed by atoms with Gasteiger partial charge in [0.05, 0.1) is 0 Å². The van der Waals surface area contributed by atoms with Crippen LogP contribution in [0.5, 0.6) is 0 Å². The smallest absolute Gasteiger partial charge is 0.313 e. The highest BCUT2D eigenvalue weighted by Crippen LogP contribution is 2.15. The number of nitrogens with two attached hydrogens (primary N) is 1. The van der Waals surface area contributed by atoms with Crippen LogP contribution in [0.15, 0.2) is 48.5 Å². The molecule has 0 spiro atoms. The summed E-state index contributed by atoms with van der Waals surface area (Å²) >= 11 is 0. The summed E-state index contributed by atoms with van der Waals surface area (Å²) in [4.78, 5) is 25.8. The number of hydrogen-bond donors (Lipinski definition) is 3. The quantitative estimate of drug-likeness (QED) is 0.726. The lowest BCUT2D eigenvalue weighted by atomic mass is 10.1. The van der Waals surface area contributed by atoms with Crippen LogP contribution in [0, 0.1) is 0 Å². The predicted octanol–water partition coefficient (Wildman–Crippen LogP) is 1.47. The second-order valence-electron chi connectivity index (χ2n) is 5.60. The lowest BCUT2D eigenvalue weighted by molar-refractivity contribution is -0.136. The molecule has 0 aromatic heterocycles. The van der Waals surface area contributed by atoms with Crippen LogP contribution >= 0.6 is 0 Å². The van der Waals surface area contributed by atoms with Gasteiger partial charge in [-0.2, -0.15) is 0 Å². The molecule has 0 aliphatic heterocycles. The molecule has 0 saturated carbocycles. The molecule has 4 N–H and O–H groups in total. The summed E-state index contributed by atoms with van der Waals surface area (Å²) in [6.45, 7) is 0.713. The Hall–Kier alpha value is -2.86. The Kier molecular flexibility index (Phi) is 5.92. The first-order valence-electron chi connectivity index (χ1n) is 7.64. The predicted molar refractivity (Wildman–Crippen MR) is 95.6 cm³/mol. The van der Waals surface area contributed by atoms with Crippen molar-refractivity contribution >= 4 is 23.2 Å². The van der Waals surface area contributed by atoms with E-state index in [9.17, 15) is 9.59 Å². The molecule has 0 aliphatic rings. The summed E-state index contributed by atoms with van der Waals surface area (Å²) in [5, 5.41) is 5.18. The van der Waals surface area contributed by atoms with Crippen LogP contribution in [0.1, 0.15) is 11.1 Å². The summed E-state index contributed by atoms with van der Waals surface area (Å²) in [7, 11) is 3.86. The molecular weight excluding hydrogens is 304 g/mol. The molecule has 0 unspecified atom stereocenters. The van der Waals surface area contributed by atoms with Gasteiger partial charge in [0.2, 0.25) is 0 Å². The molecule has 24 heavy (non-hydrogen) atoms. The number of benzene rings is 2. The lowest BCUT2D eigenvalue weighted by Crippen LogP contribution is -2.35. The Morgan fingerprint density at radius 1 is 1.00 bits per heavy atom. The van der Waals surface area contributed by atoms with Crippen LogP contribution < -0.4 is 21.3 Å². The Morgan fingerprint density at radius 2 is 1.67 bits per heavy atom. The van der Waals surface area contributed by atoms with E-state index in [0.29, 0.717) is 12.2 Å². The fraction of sp³-hybridized carbons (Fsp3) is 0.222. The minimum absolute atomic E-state index is 0.277. The number of anilines is 2. The van der Waals surface area contributed by atoms with Crippen molar-refractivity contribution in [3.63, 3.8) is 0 Å². The Bertz CT molecular complexity index is 711. The van der Waals surface area contributed by atoms with Crippen molar-refractivity contribution in [1.82, 2.24) is 5.32 Å². The van der Waals surface area contributed by atoms with Gasteiger partial charge < -0.3 is 21.3 Å². The Morgan fingerprint density at radius 3 is 2.29 bits per heavy atom. The van der Waals surface area contributed by atoms with E-state index in [1.165, 1.54) is 0 Å². The molecule has 6 heteroatoms. The van der Waals surface area contributed by atoms with Crippen LogP contribution in [0.2, 0.25) is 0 Å². The number of nitrogens with zero attached hydrogens (tertiary/aromatic N) is 1. The highest BCUT2D eigenvalue weighted by Gasteiger charge is 2.13. The summed E-state index contributed by atoms with van der Waals surface area (Å²) in [5.41, 5.74) is 9.05. The average Bonchev–Trinajstić information content (AvgIpc) is 2.60. The number of amides is 2. The molecule has 0 fully saturated rings. The number of hydrogen-bond acceptors (Lipinski definition) is 4. The first kappa shape index (κ1) is 17.5. The maximum absolute atomic E-state index is 11.9. The molecule has 6 nitrogen and oxygen atoms in total. The summed E-state index contributed by atoms with van der Waals surface area (Å²) in [5.74, 6) is -1.37. The van der Waals surface area contributed by atoms with Crippen molar-refractivity contribution in [1.29, 1.82) is 0 Å². The van der Waals surface area contributed by atoms with E-state index in [2.05, 4.69) is 10.6 Å². The van der Waals surface area contributed by atoms with E-state index in [-0.39, 0.29) is 6.54 Å². The minimum atomic E-state index is -0.692. The normalized spacial score (nSPS) is 10.1. The number of nitrogens with one attached hydrogen (secondary N) is 2. The molecule has 2 rings (SSSR count). The summed E-state index contributed by atoms with van der Waals surface area (Å²) in [6, 6.07) is 14.8. The zero-order chi connectivity index (χ0) is 17.5. The van der Waals surface area contributed by atoms with Crippen molar-refractivity contribution in [2.45, 2.75) is 13.1 Å². The molecular formula is C18H22N4O2. The van der Waals surface area contributed by atoms with Gasteiger partial charge in [0.15, 0.2) is 0 Å². The topological polar surface area (TPSA) is 87.5 Å². The van der Waals surface area contributed by atoms with Crippen molar-refractivity contribution < 1.29 is 9.59 Å². The van der Waals surface area contributed by atoms with Gasteiger partial charge >= 0.3 is 11.8 Å². The third-order valence-electron chi connectivity index (χ3n) is 3.53. The Balaban J connectivity index is 1.88. The Labute approximate surface area is 141 Å². The van der Waals surface area contributed by atoms with Crippen LogP contribution in [0.4, 0.5) is 11.4 Å². The second-order valence-corrected chi connectivity index (χ2v) is 5.60. The SMILES string of the molecule is CN(C)c1ccc(NC(=O)C(=O)NCc2cccc(CN)c2)cc1. The van der Waals surface area contributed by atoms with Crippen molar-refractivity contribution in [2.75, 3.05) is 24.3 Å². The van der Waals surface area contributed by atoms with Gasteiger partial charge in [-0.25, -0.2) is 0 Å². The second kappa shape index (κ2) is 8.12. The lowest BCUT2D eigenvalue weighted by Gasteiger charge is -2.13. The molecule has 0 bridgehead atoms. The van der Waals surface area contributed by atoms with Crippen molar-refractivity contribution in [3.8, 4) is 0 Å². The van der Waals surface area contributed by atoms with Gasteiger partial charge in [-0.3, -0.25) is 9.59 Å².